The first-order chi connectivity index (χ1) is 11.1. The second-order valence-electron chi connectivity index (χ2n) is 4.99. The van der Waals surface area contributed by atoms with Crippen molar-refractivity contribution in [1.29, 1.82) is 0 Å². The number of nitrogens with one attached hydrogen (secondary N) is 1. The highest BCUT2D eigenvalue weighted by atomic mass is 16.5. The second-order valence-corrected chi connectivity index (χ2v) is 4.99. The van der Waals surface area contributed by atoms with Gasteiger partial charge < -0.3 is 15.6 Å². The van der Waals surface area contributed by atoms with Gasteiger partial charge in [-0.3, -0.25) is 4.79 Å². The zero-order chi connectivity index (χ0) is 16.2. The smallest absolute Gasteiger partial charge is 0.251 e. The van der Waals surface area contributed by atoms with Crippen molar-refractivity contribution in [3.05, 3.63) is 59.6 Å². The minimum Gasteiger partial charge on any atom is -0.384 e. The van der Waals surface area contributed by atoms with Gasteiger partial charge in [0.2, 0.25) is 11.7 Å². The summed E-state index contributed by atoms with van der Waals surface area (Å²) >= 11 is 0. The summed E-state index contributed by atoms with van der Waals surface area (Å²) in [7, 11) is 0. The van der Waals surface area contributed by atoms with Crippen LogP contribution in [0.4, 0.5) is 5.82 Å². The van der Waals surface area contributed by atoms with E-state index in [1.807, 2.05) is 24.3 Å². The fourth-order valence-corrected chi connectivity index (χ4v) is 2.06. The van der Waals surface area contributed by atoms with E-state index >= 15 is 0 Å². The SMILES string of the molecule is Cc1nc(-c2ccc(CNC(=O)c3ccnc(N)c3)cc2)no1. The Morgan fingerprint density at radius 2 is 2.04 bits per heavy atom. The van der Waals surface area contributed by atoms with Crippen molar-refractivity contribution in [1.82, 2.24) is 20.4 Å². The molecule has 0 saturated heterocycles. The van der Waals surface area contributed by atoms with E-state index in [0.29, 0.717) is 29.6 Å². The molecule has 116 valence electrons. The number of anilines is 1. The summed E-state index contributed by atoms with van der Waals surface area (Å²) in [5, 5.41) is 6.70. The van der Waals surface area contributed by atoms with Crippen molar-refractivity contribution < 1.29 is 9.32 Å². The van der Waals surface area contributed by atoms with Crippen LogP contribution in [0.25, 0.3) is 11.4 Å². The van der Waals surface area contributed by atoms with E-state index in [1.54, 1.807) is 13.0 Å². The molecule has 0 saturated carbocycles. The van der Waals surface area contributed by atoms with Crippen molar-refractivity contribution in [3.63, 3.8) is 0 Å². The maximum atomic E-state index is 12.0. The molecule has 0 bridgehead atoms. The predicted octanol–water partition coefficient (Wildman–Crippen LogP) is 1.95. The van der Waals surface area contributed by atoms with Crippen LogP contribution in [0.3, 0.4) is 0 Å². The van der Waals surface area contributed by atoms with Gasteiger partial charge in [-0.05, 0) is 17.7 Å². The maximum absolute atomic E-state index is 12.0. The minimum absolute atomic E-state index is 0.197. The van der Waals surface area contributed by atoms with Crippen LogP contribution in [0.15, 0.2) is 47.1 Å². The lowest BCUT2D eigenvalue weighted by Gasteiger charge is -2.06. The molecular formula is C16H15N5O2. The molecule has 23 heavy (non-hydrogen) atoms. The zero-order valence-electron chi connectivity index (χ0n) is 12.5. The lowest BCUT2D eigenvalue weighted by Crippen LogP contribution is -2.22. The minimum atomic E-state index is -0.197. The van der Waals surface area contributed by atoms with Crippen molar-refractivity contribution in [2.24, 2.45) is 0 Å². The van der Waals surface area contributed by atoms with Crippen molar-refractivity contribution in [2.75, 3.05) is 5.73 Å². The van der Waals surface area contributed by atoms with Crippen LogP contribution in [-0.4, -0.2) is 21.0 Å². The maximum Gasteiger partial charge on any atom is 0.251 e. The molecule has 3 aromatic rings. The van der Waals surface area contributed by atoms with Gasteiger partial charge >= 0.3 is 0 Å². The predicted molar refractivity (Wildman–Crippen MR) is 84.3 cm³/mol. The molecule has 1 aromatic carbocycles. The zero-order valence-corrected chi connectivity index (χ0v) is 12.5. The van der Waals surface area contributed by atoms with Crippen LogP contribution >= 0.6 is 0 Å². The number of hydrogen-bond donors (Lipinski definition) is 2. The third-order valence-electron chi connectivity index (χ3n) is 3.24. The molecule has 3 N–H and O–H groups in total. The number of carbonyl (C=O) groups is 1. The average molecular weight is 309 g/mol. The quantitative estimate of drug-likeness (QED) is 0.763. The standard InChI is InChI=1S/C16H15N5O2/c1-10-20-15(21-23-10)12-4-2-11(3-5-12)9-19-16(22)13-6-7-18-14(17)8-13/h2-8H,9H2,1H3,(H2,17,18)(H,19,22). The van der Waals surface area contributed by atoms with E-state index in [9.17, 15) is 4.79 Å². The van der Waals surface area contributed by atoms with Crippen LogP contribution in [0.1, 0.15) is 21.8 Å². The molecule has 2 heterocycles. The summed E-state index contributed by atoms with van der Waals surface area (Å²) in [4.78, 5) is 20.1. The molecular weight excluding hydrogens is 294 g/mol. The Morgan fingerprint density at radius 3 is 2.70 bits per heavy atom. The molecule has 0 aliphatic carbocycles. The van der Waals surface area contributed by atoms with Gasteiger partial charge in [0.25, 0.3) is 5.91 Å². The number of hydrogen-bond acceptors (Lipinski definition) is 6. The number of aryl methyl sites for hydroxylation is 1. The molecule has 7 nitrogen and oxygen atoms in total. The van der Waals surface area contributed by atoms with Crippen LogP contribution in [0.2, 0.25) is 0 Å². The molecule has 7 heteroatoms. The molecule has 2 aromatic heterocycles. The number of amides is 1. The molecule has 0 aliphatic heterocycles. The third-order valence-corrected chi connectivity index (χ3v) is 3.24. The first-order valence-electron chi connectivity index (χ1n) is 7.01. The van der Waals surface area contributed by atoms with Crippen molar-refractivity contribution >= 4 is 11.7 Å². The first-order valence-corrected chi connectivity index (χ1v) is 7.01. The molecule has 0 radical (unpaired) electrons. The molecule has 1 amide bonds. The number of benzene rings is 1. The van der Waals surface area contributed by atoms with Crippen LogP contribution in [-0.2, 0) is 6.54 Å². The molecule has 0 aliphatic rings. The van der Waals surface area contributed by atoms with Gasteiger partial charge in [0, 0.05) is 30.8 Å². The topological polar surface area (TPSA) is 107 Å². The van der Waals surface area contributed by atoms with Crippen molar-refractivity contribution in [2.45, 2.75) is 13.5 Å². The largest absolute Gasteiger partial charge is 0.384 e. The average Bonchev–Trinajstić information content (AvgIpc) is 2.99. The number of nitrogen functional groups attached to an aromatic ring is 1. The van der Waals surface area contributed by atoms with Crippen LogP contribution in [0, 0.1) is 6.92 Å². The molecule has 0 spiro atoms. The van der Waals surface area contributed by atoms with Crippen LogP contribution < -0.4 is 11.1 Å². The molecule has 0 atom stereocenters. The molecule has 0 unspecified atom stereocenters. The summed E-state index contributed by atoms with van der Waals surface area (Å²) in [5.74, 6) is 1.19. The summed E-state index contributed by atoms with van der Waals surface area (Å²) < 4.78 is 4.95. The van der Waals surface area contributed by atoms with Gasteiger partial charge in [0.1, 0.15) is 5.82 Å². The van der Waals surface area contributed by atoms with Gasteiger partial charge in [0.15, 0.2) is 0 Å². The number of aromatic nitrogens is 3. The molecule has 0 fully saturated rings. The van der Waals surface area contributed by atoms with E-state index < -0.39 is 0 Å². The summed E-state index contributed by atoms with van der Waals surface area (Å²) in [6.45, 7) is 2.15. The second kappa shape index (κ2) is 6.27. The van der Waals surface area contributed by atoms with Gasteiger partial charge in [-0.15, -0.1) is 0 Å². The summed E-state index contributed by atoms with van der Waals surface area (Å²) in [5.41, 5.74) is 7.87. The van der Waals surface area contributed by atoms with Gasteiger partial charge in [-0.2, -0.15) is 4.98 Å². The summed E-state index contributed by atoms with van der Waals surface area (Å²) in [6, 6.07) is 10.7. The van der Waals surface area contributed by atoms with Gasteiger partial charge in [-0.1, -0.05) is 29.4 Å². The summed E-state index contributed by atoms with van der Waals surface area (Å²) in [6.07, 6.45) is 1.51. The Balaban J connectivity index is 1.63. The normalized spacial score (nSPS) is 10.5. The van der Waals surface area contributed by atoms with Crippen LogP contribution in [0.5, 0.6) is 0 Å². The number of nitrogens with zero attached hydrogens (tertiary/aromatic N) is 3. The van der Waals surface area contributed by atoms with Gasteiger partial charge in [0.05, 0.1) is 0 Å². The number of pyridine rings is 1. The first kappa shape index (κ1) is 14.7. The monoisotopic (exact) mass is 309 g/mol. The Labute approximate surface area is 132 Å². The lowest BCUT2D eigenvalue weighted by atomic mass is 10.1. The Kier molecular flexibility index (Phi) is 4.01. The number of carbonyl (C=O) groups excluding carboxylic acids is 1. The number of nitrogens with two attached hydrogens (primary N) is 1. The van der Waals surface area contributed by atoms with E-state index in [0.717, 1.165) is 11.1 Å². The van der Waals surface area contributed by atoms with E-state index in [1.165, 1.54) is 12.3 Å². The van der Waals surface area contributed by atoms with E-state index in [-0.39, 0.29) is 5.91 Å². The Bertz CT molecular complexity index is 826. The van der Waals surface area contributed by atoms with E-state index in [2.05, 4.69) is 20.4 Å². The van der Waals surface area contributed by atoms with E-state index in [4.69, 9.17) is 10.3 Å². The highest BCUT2D eigenvalue weighted by molar-refractivity contribution is 5.94. The fraction of sp³-hybridized carbons (Fsp3) is 0.125. The third kappa shape index (κ3) is 3.52. The fourth-order valence-electron chi connectivity index (χ4n) is 2.06. The lowest BCUT2D eigenvalue weighted by molar-refractivity contribution is 0.0951. The Morgan fingerprint density at radius 1 is 1.26 bits per heavy atom. The highest BCUT2D eigenvalue weighted by Gasteiger charge is 2.07. The number of rotatable bonds is 4. The van der Waals surface area contributed by atoms with Crippen molar-refractivity contribution in [3.8, 4) is 11.4 Å². The Hall–Kier alpha value is -3.22. The molecule has 3 rings (SSSR count). The highest BCUT2D eigenvalue weighted by Crippen LogP contribution is 2.16. The van der Waals surface area contributed by atoms with Gasteiger partial charge in [-0.25, -0.2) is 4.98 Å².